The van der Waals surface area contributed by atoms with Crippen molar-refractivity contribution < 1.29 is 0 Å². The zero-order chi connectivity index (χ0) is 13.2. The molecule has 1 saturated carbocycles. The minimum absolute atomic E-state index is 0.613. The minimum Gasteiger partial charge on any atom is -0.312 e. The number of rotatable bonds is 2. The Morgan fingerprint density at radius 3 is 2.68 bits per heavy atom. The molecule has 3 nitrogen and oxygen atoms in total. The van der Waals surface area contributed by atoms with Crippen molar-refractivity contribution in [1.82, 2.24) is 15.3 Å². The lowest BCUT2D eigenvalue weighted by molar-refractivity contribution is 0.338. The summed E-state index contributed by atoms with van der Waals surface area (Å²) in [7, 11) is 0. The second-order valence-corrected chi connectivity index (χ2v) is 6.19. The van der Waals surface area contributed by atoms with Crippen molar-refractivity contribution in [3.63, 3.8) is 0 Å². The largest absolute Gasteiger partial charge is 0.312 e. The van der Waals surface area contributed by atoms with Crippen molar-refractivity contribution in [2.24, 2.45) is 5.92 Å². The van der Waals surface area contributed by atoms with E-state index in [4.69, 9.17) is 9.97 Å². The predicted molar refractivity (Wildman–Crippen MR) is 77.2 cm³/mol. The number of nitrogens with zero attached hydrogens (tertiary/aromatic N) is 2. The van der Waals surface area contributed by atoms with Gasteiger partial charge in [-0.05, 0) is 25.2 Å². The highest BCUT2D eigenvalue weighted by molar-refractivity contribution is 5.29. The van der Waals surface area contributed by atoms with Gasteiger partial charge < -0.3 is 5.32 Å². The highest BCUT2D eigenvalue weighted by Gasteiger charge is 2.24. The van der Waals surface area contributed by atoms with E-state index in [9.17, 15) is 0 Å². The molecule has 1 aliphatic heterocycles. The summed E-state index contributed by atoms with van der Waals surface area (Å²) in [6, 6.07) is 0. The first-order chi connectivity index (χ1) is 9.28. The summed E-state index contributed by atoms with van der Waals surface area (Å²) >= 11 is 0. The summed E-state index contributed by atoms with van der Waals surface area (Å²) in [4.78, 5) is 9.82. The number of hydrogen-bond acceptors (Lipinski definition) is 3. The van der Waals surface area contributed by atoms with Crippen molar-refractivity contribution in [2.45, 2.75) is 64.8 Å². The molecule has 0 aromatic carbocycles. The van der Waals surface area contributed by atoms with Crippen molar-refractivity contribution >= 4 is 0 Å². The molecule has 0 bridgehead atoms. The third-order valence-electron chi connectivity index (χ3n) is 4.75. The van der Waals surface area contributed by atoms with Gasteiger partial charge in [0.25, 0.3) is 0 Å². The molecule has 1 aliphatic carbocycles. The molecule has 2 heterocycles. The topological polar surface area (TPSA) is 37.8 Å². The summed E-state index contributed by atoms with van der Waals surface area (Å²) < 4.78 is 0. The van der Waals surface area contributed by atoms with Crippen LogP contribution in [0.1, 0.15) is 68.2 Å². The lowest BCUT2D eigenvalue weighted by atomic mass is 9.82. The molecule has 0 atom stereocenters. The molecule has 3 rings (SSSR count). The first kappa shape index (κ1) is 13.0. The smallest absolute Gasteiger partial charge is 0.131 e. The lowest BCUT2D eigenvalue weighted by Crippen LogP contribution is -2.28. The van der Waals surface area contributed by atoms with Crippen molar-refractivity contribution in [1.29, 1.82) is 0 Å². The average Bonchev–Trinajstić information content (AvgIpc) is 2.47. The Hall–Kier alpha value is -0.960. The maximum absolute atomic E-state index is 4.92. The fraction of sp³-hybridized carbons (Fsp3) is 0.750. The standard InChI is InChI=1S/C16H25N3/c1-3-14-13-10-17-9-8-15(13)19-16(18-14)12-6-4-11(2)5-7-12/h11-12,17H,3-10H2,1-2H3. The predicted octanol–water partition coefficient (Wildman–Crippen LogP) is 2.98. The van der Waals surface area contributed by atoms with Crippen LogP contribution >= 0.6 is 0 Å². The third-order valence-corrected chi connectivity index (χ3v) is 4.75. The Morgan fingerprint density at radius 2 is 1.95 bits per heavy atom. The normalized spacial score (nSPS) is 27.1. The summed E-state index contributed by atoms with van der Waals surface area (Å²) in [6.45, 7) is 6.60. The van der Waals surface area contributed by atoms with Crippen LogP contribution in [-0.4, -0.2) is 16.5 Å². The Morgan fingerprint density at radius 1 is 1.16 bits per heavy atom. The van der Waals surface area contributed by atoms with Gasteiger partial charge in [0.1, 0.15) is 5.82 Å². The molecule has 104 valence electrons. The Bertz CT molecular complexity index is 430. The van der Waals surface area contributed by atoms with Crippen molar-refractivity contribution in [3.8, 4) is 0 Å². The van der Waals surface area contributed by atoms with E-state index in [-0.39, 0.29) is 0 Å². The van der Waals surface area contributed by atoms with E-state index in [2.05, 4.69) is 19.2 Å². The van der Waals surface area contributed by atoms with E-state index in [1.54, 1.807) is 0 Å². The van der Waals surface area contributed by atoms with Gasteiger partial charge in [-0.2, -0.15) is 0 Å². The number of aryl methyl sites for hydroxylation is 1. The van der Waals surface area contributed by atoms with Crippen LogP contribution in [0.4, 0.5) is 0 Å². The van der Waals surface area contributed by atoms with Crippen LogP contribution in [0.5, 0.6) is 0 Å². The molecule has 3 heteroatoms. The molecule has 0 radical (unpaired) electrons. The SMILES string of the molecule is CCc1nc(C2CCC(C)CC2)nc2c1CNCC2. The second-order valence-electron chi connectivity index (χ2n) is 6.19. The van der Waals surface area contributed by atoms with E-state index in [1.165, 1.54) is 42.6 Å². The van der Waals surface area contributed by atoms with Gasteiger partial charge in [0.15, 0.2) is 0 Å². The van der Waals surface area contributed by atoms with Gasteiger partial charge in [-0.1, -0.05) is 26.7 Å². The second kappa shape index (κ2) is 5.58. The van der Waals surface area contributed by atoms with E-state index < -0.39 is 0 Å². The van der Waals surface area contributed by atoms with Gasteiger partial charge in [0.2, 0.25) is 0 Å². The molecule has 19 heavy (non-hydrogen) atoms. The van der Waals surface area contributed by atoms with Gasteiger partial charge in [-0.25, -0.2) is 9.97 Å². The molecule has 2 aliphatic rings. The third kappa shape index (κ3) is 2.66. The molecule has 0 spiro atoms. The van der Waals surface area contributed by atoms with Gasteiger partial charge in [0.05, 0.1) is 5.69 Å². The first-order valence-electron chi connectivity index (χ1n) is 7.87. The molecule has 0 unspecified atom stereocenters. The zero-order valence-electron chi connectivity index (χ0n) is 12.2. The Balaban J connectivity index is 1.89. The maximum Gasteiger partial charge on any atom is 0.131 e. The van der Waals surface area contributed by atoms with E-state index in [1.807, 2.05) is 0 Å². The Kier molecular flexibility index (Phi) is 3.83. The van der Waals surface area contributed by atoms with E-state index >= 15 is 0 Å². The van der Waals surface area contributed by atoms with Crippen LogP contribution in [0.2, 0.25) is 0 Å². The van der Waals surface area contributed by atoms with Crippen LogP contribution in [0, 0.1) is 5.92 Å². The monoisotopic (exact) mass is 259 g/mol. The average molecular weight is 259 g/mol. The molecular formula is C16H25N3. The lowest BCUT2D eigenvalue weighted by Gasteiger charge is -2.27. The van der Waals surface area contributed by atoms with Crippen LogP contribution in [0.15, 0.2) is 0 Å². The van der Waals surface area contributed by atoms with Gasteiger partial charge in [0, 0.05) is 36.7 Å². The van der Waals surface area contributed by atoms with Crippen molar-refractivity contribution in [2.75, 3.05) is 6.54 Å². The molecule has 1 N–H and O–H groups in total. The van der Waals surface area contributed by atoms with Crippen LogP contribution in [0.25, 0.3) is 0 Å². The highest BCUT2D eigenvalue weighted by atomic mass is 15.0. The molecule has 0 saturated heterocycles. The molecule has 1 aromatic heterocycles. The molecule has 1 aromatic rings. The maximum atomic E-state index is 4.92. The number of nitrogens with one attached hydrogen (secondary N) is 1. The fourth-order valence-electron chi connectivity index (χ4n) is 3.43. The number of fused-ring (bicyclic) bond motifs is 1. The van der Waals surface area contributed by atoms with Crippen molar-refractivity contribution in [3.05, 3.63) is 22.8 Å². The van der Waals surface area contributed by atoms with Gasteiger partial charge in [-0.15, -0.1) is 0 Å². The van der Waals surface area contributed by atoms with Crippen LogP contribution < -0.4 is 5.32 Å². The van der Waals surface area contributed by atoms with E-state index in [0.29, 0.717) is 5.92 Å². The summed E-state index contributed by atoms with van der Waals surface area (Å²) in [5, 5.41) is 3.44. The first-order valence-corrected chi connectivity index (χ1v) is 7.87. The number of aromatic nitrogens is 2. The fourth-order valence-corrected chi connectivity index (χ4v) is 3.43. The zero-order valence-corrected chi connectivity index (χ0v) is 12.2. The van der Waals surface area contributed by atoms with Gasteiger partial charge >= 0.3 is 0 Å². The van der Waals surface area contributed by atoms with E-state index in [0.717, 1.165) is 37.7 Å². The van der Waals surface area contributed by atoms with Gasteiger partial charge in [-0.3, -0.25) is 0 Å². The summed E-state index contributed by atoms with van der Waals surface area (Å²) in [5.41, 5.74) is 3.98. The minimum atomic E-state index is 0.613. The van der Waals surface area contributed by atoms with Crippen LogP contribution in [0.3, 0.4) is 0 Å². The molecule has 0 amide bonds. The highest BCUT2D eigenvalue weighted by Crippen LogP contribution is 2.34. The Labute approximate surface area is 116 Å². The molecule has 1 fully saturated rings. The molecular weight excluding hydrogens is 234 g/mol. The summed E-state index contributed by atoms with van der Waals surface area (Å²) in [6.07, 6.45) is 7.34. The quantitative estimate of drug-likeness (QED) is 0.887. The summed E-state index contributed by atoms with van der Waals surface area (Å²) in [5.74, 6) is 2.65. The number of hydrogen-bond donors (Lipinski definition) is 1. The van der Waals surface area contributed by atoms with Crippen LogP contribution in [-0.2, 0) is 19.4 Å².